The molecule has 0 amide bonds. The number of nitrogens with zero attached hydrogens (tertiary/aromatic N) is 2. The van der Waals surface area contributed by atoms with Gasteiger partial charge in [0.2, 0.25) is 0 Å². The average molecular weight is 296 g/mol. The lowest BCUT2D eigenvalue weighted by Gasteiger charge is -2.10. The summed E-state index contributed by atoms with van der Waals surface area (Å²) in [5.74, 6) is 1.22. The lowest BCUT2D eigenvalue weighted by molar-refractivity contribution is 0.178. The lowest BCUT2D eigenvalue weighted by atomic mass is 10.3. The van der Waals surface area contributed by atoms with Crippen molar-refractivity contribution in [3.05, 3.63) is 41.3 Å². The monoisotopic (exact) mass is 295 g/mol. The zero-order valence-corrected chi connectivity index (χ0v) is 12.3. The largest absolute Gasteiger partial charge is 0.377 e. The SMILES string of the molecule is COCc1nc(Cl)cc(Nc2ccccc2SC)n1. The highest BCUT2D eigenvalue weighted by Crippen LogP contribution is 2.27. The van der Waals surface area contributed by atoms with Crippen LogP contribution >= 0.6 is 23.4 Å². The van der Waals surface area contributed by atoms with E-state index in [0.29, 0.717) is 23.4 Å². The van der Waals surface area contributed by atoms with E-state index in [4.69, 9.17) is 16.3 Å². The number of hydrogen-bond acceptors (Lipinski definition) is 5. The molecule has 0 radical (unpaired) electrons. The molecule has 19 heavy (non-hydrogen) atoms. The topological polar surface area (TPSA) is 47.0 Å². The van der Waals surface area contributed by atoms with Crippen LogP contribution in [0.15, 0.2) is 35.2 Å². The Hall–Kier alpha value is -1.30. The van der Waals surface area contributed by atoms with Crippen LogP contribution < -0.4 is 5.32 Å². The van der Waals surface area contributed by atoms with E-state index < -0.39 is 0 Å². The lowest BCUT2D eigenvalue weighted by Crippen LogP contribution is -2.02. The molecule has 1 aromatic carbocycles. The molecular weight excluding hydrogens is 282 g/mol. The highest BCUT2D eigenvalue weighted by Gasteiger charge is 2.06. The van der Waals surface area contributed by atoms with Crippen LogP contribution in [0.2, 0.25) is 5.15 Å². The van der Waals surface area contributed by atoms with Gasteiger partial charge in [-0.3, -0.25) is 0 Å². The first-order chi connectivity index (χ1) is 9.22. The zero-order valence-electron chi connectivity index (χ0n) is 10.7. The molecule has 1 heterocycles. The van der Waals surface area contributed by atoms with E-state index in [-0.39, 0.29) is 0 Å². The highest BCUT2D eigenvalue weighted by atomic mass is 35.5. The molecule has 2 rings (SSSR count). The minimum Gasteiger partial charge on any atom is -0.377 e. The Labute approximate surface area is 121 Å². The number of nitrogens with one attached hydrogen (secondary N) is 1. The molecule has 1 aromatic heterocycles. The number of para-hydroxylation sites is 1. The van der Waals surface area contributed by atoms with Crippen molar-refractivity contribution in [2.24, 2.45) is 0 Å². The van der Waals surface area contributed by atoms with E-state index in [9.17, 15) is 0 Å². The Morgan fingerprint density at radius 2 is 2.11 bits per heavy atom. The summed E-state index contributed by atoms with van der Waals surface area (Å²) >= 11 is 7.64. The van der Waals surface area contributed by atoms with Crippen molar-refractivity contribution in [3.63, 3.8) is 0 Å². The molecule has 0 saturated heterocycles. The standard InChI is InChI=1S/C13H14ClN3OS/c1-18-8-13-16-11(14)7-12(17-13)15-9-5-3-4-6-10(9)19-2/h3-7H,8H2,1-2H3,(H,15,16,17). The van der Waals surface area contributed by atoms with Crippen molar-refractivity contribution in [1.82, 2.24) is 9.97 Å². The van der Waals surface area contributed by atoms with Gasteiger partial charge in [0, 0.05) is 18.1 Å². The fourth-order valence-corrected chi connectivity index (χ4v) is 2.36. The third kappa shape index (κ3) is 3.83. The third-order valence-electron chi connectivity index (χ3n) is 2.38. The summed E-state index contributed by atoms with van der Waals surface area (Å²) in [5, 5.41) is 3.65. The molecule has 100 valence electrons. The van der Waals surface area contributed by atoms with Crippen LogP contribution in [0.3, 0.4) is 0 Å². The van der Waals surface area contributed by atoms with Gasteiger partial charge in [-0.2, -0.15) is 0 Å². The molecule has 0 unspecified atom stereocenters. The van der Waals surface area contributed by atoms with Gasteiger partial charge < -0.3 is 10.1 Å². The average Bonchev–Trinajstić information content (AvgIpc) is 2.39. The molecule has 0 atom stereocenters. The van der Waals surface area contributed by atoms with E-state index in [1.807, 2.05) is 30.5 Å². The molecule has 0 spiro atoms. The number of anilines is 2. The van der Waals surface area contributed by atoms with Crippen molar-refractivity contribution in [1.29, 1.82) is 0 Å². The minimum atomic E-state index is 0.333. The first-order valence-corrected chi connectivity index (χ1v) is 7.25. The number of benzene rings is 1. The maximum absolute atomic E-state index is 5.97. The number of thioether (sulfide) groups is 1. The van der Waals surface area contributed by atoms with E-state index in [1.165, 1.54) is 0 Å². The van der Waals surface area contributed by atoms with Gasteiger partial charge in [-0.05, 0) is 18.4 Å². The van der Waals surface area contributed by atoms with Crippen LogP contribution in [0, 0.1) is 0 Å². The number of ether oxygens (including phenoxy) is 1. The predicted octanol–water partition coefficient (Wildman–Crippen LogP) is 3.74. The smallest absolute Gasteiger partial charge is 0.158 e. The highest BCUT2D eigenvalue weighted by molar-refractivity contribution is 7.98. The molecular formula is C13H14ClN3OS. The van der Waals surface area contributed by atoms with Gasteiger partial charge in [0.1, 0.15) is 17.6 Å². The second-order valence-corrected chi connectivity index (χ2v) is 4.99. The van der Waals surface area contributed by atoms with E-state index in [1.54, 1.807) is 24.9 Å². The second kappa shape index (κ2) is 6.75. The fraction of sp³-hybridized carbons (Fsp3) is 0.231. The Morgan fingerprint density at radius 3 is 2.84 bits per heavy atom. The van der Waals surface area contributed by atoms with Crippen molar-refractivity contribution in [3.8, 4) is 0 Å². The van der Waals surface area contributed by atoms with Crippen LogP contribution in [-0.2, 0) is 11.3 Å². The second-order valence-electron chi connectivity index (χ2n) is 3.75. The van der Waals surface area contributed by atoms with Gasteiger partial charge in [0.25, 0.3) is 0 Å². The molecule has 0 aliphatic rings. The van der Waals surface area contributed by atoms with E-state index in [0.717, 1.165) is 10.6 Å². The van der Waals surface area contributed by atoms with Crippen molar-refractivity contribution >= 4 is 34.9 Å². The number of hydrogen-bond donors (Lipinski definition) is 1. The Kier molecular flexibility index (Phi) is 5.01. The summed E-state index contributed by atoms with van der Waals surface area (Å²) in [6, 6.07) is 9.71. The Balaban J connectivity index is 2.27. The summed E-state index contributed by atoms with van der Waals surface area (Å²) in [4.78, 5) is 9.59. The normalized spacial score (nSPS) is 10.5. The van der Waals surface area contributed by atoms with E-state index in [2.05, 4.69) is 15.3 Å². The number of methoxy groups -OCH3 is 1. The Bertz CT molecular complexity index is 565. The van der Waals surface area contributed by atoms with Crippen molar-refractivity contribution in [2.75, 3.05) is 18.7 Å². The molecule has 0 fully saturated rings. The summed E-state index contributed by atoms with van der Waals surface area (Å²) in [6.45, 7) is 0.333. The molecule has 0 aliphatic heterocycles. The minimum absolute atomic E-state index is 0.333. The third-order valence-corrected chi connectivity index (χ3v) is 3.37. The van der Waals surface area contributed by atoms with Crippen molar-refractivity contribution < 1.29 is 4.74 Å². The number of halogens is 1. The van der Waals surface area contributed by atoms with Gasteiger partial charge in [-0.15, -0.1) is 11.8 Å². The summed E-state index contributed by atoms with van der Waals surface area (Å²) in [6.07, 6.45) is 2.03. The molecule has 0 saturated carbocycles. The van der Waals surface area contributed by atoms with Crippen LogP contribution in [-0.4, -0.2) is 23.3 Å². The maximum Gasteiger partial charge on any atom is 0.158 e. The maximum atomic E-state index is 5.97. The number of rotatable bonds is 5. The van der Waals surface area contributed by atoms with Gasteiger partial charge in [-0.1, -0.05) is 23.7 Å². The summed E-state index contributed by atoms with van der Waals surface area (Å²) in [7, 11) is 1.60. The molecule has 4 nitrogen and oxygen atoms in total. The predicted molar refractivity (Wildman–Crippen MR) is 79.3 cm³/mol. The molecule has 1 N–H and O–H groups in total. The fourth-order valence-electron chi connectivity index (χ4n) is 1.61. The molecule has 6 heteroatoms. The Morgan fingerprint density at radius 1 is 1.32 bits per heavy atom. The zero-order chi connectivity index (χ0) is 13.7. The van der Waals surface area contributed by atoms with Crippen LogP contribution in [0.4, 0.5) is 11.5 Å². The van der Waals surface area contributed by atoms with Gasteiger partial charge in [0.05, 0.1) is 5.69 Å². The van der Waals surface area contributed by atoms with Crippen molar-refractivity contribution in [2.45, 2.75) is 11.5 Å². The van der Waals surface area contributed by atoms with Crippen LogP contribution in [0.1, 0.15) is 5.82 Å². The van der Waals surface area contributed by atoms with Gasteiger partial charge in [0.15, 0.2) is 5.82 Å². The molecule has 2 aromatic rings. The molecule has 0 aliphatic carbocycles. The first kappa shape index (κ1) is 14.1. The summed E-state index contributed by atoms with van der Waals surface area (Å²) < 4.78 is 5.02. The van der Waals surface area contributed by atoms with E-state index >= 15 is 0 Å². The summed E-state index contributed by atoms with van der Waals surface area (Å²) in [5.41, 5.74) is 0.994. The molecule has 0 bridgehead atoms. The quantitative estimate of drug-likeness (QED) is 0.672. The van der Waals surface area contributed by atoms with Crippen LogP contribution in [0.5, 0.6) is 0 Å². The first-order valence-electron chi connectivity index (χ1n) is 5.65. The van der Waals surface area contributed by atoms with Gasteiger partial charge in [-0.25, -0.2) is 9.97 Å². The van der Waals surface area contributed by atoms with Crippen LogP contribution in [0.25, 0.3) is 0 Å². The number of aromatic nitrogens is 2. The van der Waals surface area contributed by atoms with Gasteiger partial charge >= 0.3 is 0 Å².